The summed E-state index contributed by atoms with van der Waals surface area (Å²) in [6.45, 7) is 6.80. The van der Waals surface area contributed by atoms with E-state index in [0.29, 0.717) is 12.5 Å². The second-order valence-corrected chi connectivity index (χ2v) is 5.31. The number of nitrogens with two attached hydrogens (primary N) is 1. The van der Waals surface area contributed by atoms with Gasteiger partial charge in [0.2, 0.25) is 0 Å². The number of likely N-dealkylation sites (tertiary alicyclic amines) is 1. The number of hydrogen-bond acceptors (Lipinski definition) is 3. The monoisotopic (exact) mass is 278 g/mol. The molecule has 1 aromatic rings. The first-order chi connectivity index (χ1) is 9.76. The van der Waals surface area contributed by atoms with E-state index in [-0.39, 0.29) is 0 Å². The molecule has 5 nitrogen and oxygen atoms in total. The highest BCUT2D eigenvalue weighted by Gasteiger charge is 2.14. The lowest BCUT2D eigenvalue weighted by atomic mass is 10.1. The molecule has 0 bridgehead atoms. The average Bonchev–Trinajstić information content (AvgIpc) is 2.67. The van der Waals surface area contributed by atoms with Gasteiger partial charge >= 0.3 is 0 Å². The summed E-state index contributed by atoms with van der Waals surface area (Å²) in [7, 11) is 0. The predicted octanol–water partition coefficient (Wildman–Crippen LogP) is 2.49. The Labute approximate surface area is 121 Å². The van der Waals surface area contributed by atoms with Crippen molar-refractivity contribution in [1.29, 1.82) is 0 Å². The molecule has 1 aliphatic heterocycles. The number of aliphatic imine (C=N–C) groups is 1. The maximum atomic E-state index is 6.14. The zero-order chi connectivity index (χ0) is 14.4. The van der Waals surface area contributed by atoms with Crippen LogP contribution in [0.15, 0.2) is 9.52 Å². The topological polar surface area (TPSA) is 67.6 Å². The SMILES string of the molecule is CCc1noc(CC)c1CN=C(N)N1CCCCCC1. The summed E-state index contributed by atoms with van der Waals surface area (Å²) in [5.74, 6) is 1.60. The van der Waals surface area contributed by atoms with E-state index >= 15 is 0 Å². The van der Waals surface area contributed by atoms with Gasteiger partial charge in [0, 0.05) is 25.1 Å². The van der Waals surface area contributed by atoms with E-state index in [1.165, 1.54) is 25.7 Å². The number of guanidine groups is 1. The highest BCUT2D eigenvalue weighted by molar-refractivity contribution is 5.78. The molecule has 0 atom stereocenters. The molecule has 0 amide bonds. The summed E-state index contributed by atoms with van der Waals surface area (Å²) in [5, 5.41) is 4.11. The van der Waals surface area contributed by atoms with Gasteiger partial charge in [0.15, 0.2) is 5.96 Å². The van der Waals surface area contributed by atoms with Gasteiger partial charge in [-0.15, -0.1) is 0 Å². The van der Waals surface area contributed by atoms with Crippen molar-refractivity contribution >= 4 is 5.96 Å². The van der Waals surface area contributed by atoms with Crippen LogP contribution < -0.4 is 5.73 Å². The Morgan fingerprint density at radius 1 is 1.20 bits per heavy atom. The van der Waals surface area contributed by atoms with E-state index < -0.39 is 0 Å². The highest BCUT2D eigenvalue weighted by Crippen LogP contribution is 2.17. The summed E-state index contributed by atoms with van der Waals surface area (Å²) in [5.41, 5.74) is 8.27. The van der Waals surface area contributed by atoms with Crippen LogP contribution in [0.5, 0.6) is 0 Å². The Bertz CT molecular complexity index is 423. The molecule has 112 valence electrons. The van der Waals surface area contributed by atoms with Crippen molar-refractivity contribution in [3.05, 3.63) is 17.0 Å². The maximum Gasteiger partial charge on any atom is 0.191 e. The van der Waals surface area contributed by atoms with Gasteiger partial charge in [-0.05, 0) is 19.3 Å². The molecular formula is C15H26N4O. The fourth-order valence-corrected chi connectivity index (χ4v) is 2.68. The first kappa shape index (κ1) is 14.9. The number of hydrogen-bond donors (Lipinski definition) is 1. The summed E-state index contributed by atoms with van der Waals surface area (Å²) >= 11 is 0. The van der Waals surface area contributed by atoms with Gasteiger partial charge in [0.05, 0.1) is 12.2 Å². The normalized spacial score (nSPS) is 17.3. The Morgan fingerprint density at radius 3 is 2.50 bits per heavy atom. The highest BCUT2D eigenvalue weighted by atomic mass is 16.5. The summed E-state index contributed by atoms with van der Waals surface area (Å²) in [6, 6.07) is 0. The molecule has 1 aromatic heterocycles. The molecule has 2 rings (SSSR count). The van der Waals surface area contributed by atoms with Crippen LogP contribution in [0.4, 0.5) is 0 Å². The number of aromatic nitrogens is 1. The van der Waals surface area contributed by atoms with Gasteiger partial charge in [-0.1, -0.05) is 31.8 Å². The summed E-state index contributed by atoms with van der Waals surface area (Å²) < 4.78 is 5.36. The van der Waals surface area contributed by atoms with Crippen LogP contribution in [0, 0.1) is 0 Å². The number of rotatable bonds is 4. The van der Waals surface area contributed by atoms with Crippen molar-refractivity contribution in [3.8, 4) is 0 Å². The third-order valence-electron chi connectivity index (χ3n) is 3.94. The first-order valence-corrected chi connectivity index (χ1v) is 7.77. The molecule has 1 aliphatic rings. The van der Waals surface area contributed by atoms with Crippen molar-refractivity contribution in [2.24, 2.45) is 10.7 Å². The maximum absolute atomic E-state index is 6.14. The fourth-order valence-electron chi connectivity index (χ4n) is 2.68. The predicted molar refractivity (Wildman–Crippen MR) is 80.6 cm³/mol. The molecule has 0 radical (unpaired) electrons. The second-order valence-electron chi connectivity index (χ2n) is 5.31. The van der Waals surface area contributed by atoms with E-state index in [9.17, 15) is 0 Å². The van der Waals surface area contributed by atoms with E-state index in [4.69, 9.17) is 10.3 Å². The molecule has 0 unspecified atom stereocenters. The third-order valence-corrected chi connectivity index (χ3v) is 3.94. The standard InChI is InChI=1S/C15H26N4O/c1-3-13-12(14(4-2)20-18-13)11-17-15(16)19-9-7-5-6-8-10-19/h3-11H2,1-2H3,(H2,16,17). The van der Waals surface area contributed by atoms with Gasteiger partial charge in [0.25, 0.3) is 0 Å². The van der Waals surface area contributed by atoms with E-state index in [1.807, 2.05) is 0 Å². The zero-order valence-corrected chi connectivity index (χ0v) is 12.7. The van der Waals surface area contributed by atoms with Crippen molar-refractivity contribution in [2.45, 2.75) is 58.9 Å². The van der Waals surface area contributed by atoms with Crippen LogP contribution in [-0.4, -0.2) is 29.1 Å². The van der Waals surface area contributed by atoms with E-state index in [0.717, 1.165) is 42.9 Å². The van der Waals surface area contributed by atoms with Gasteiger partial charge in [-0.3, -0.25) is 0 Å². The van der Waals surface area contributed by atoms with Crippen molar-refractivity contribution in [2.75, 3.05) is 13.1 Å². The van der Waals surface area contributed by atoms with Gasteiger partial charge in [0.1, 0.15) is 5.76 Å². The second kappa shape index (κ2) is 7.31. The molecule has 2 heterocycles. The molecule has 5 heteroatoms. The minimum atomic E-state index is 0.582. The zero-order valence-electron chi connectivity index (χ0n) is 12.7. The number of nitrogens with zero attached hydrogens (tertiary/aromatic N) is 3. The van der Waals surface area contributed by atoms with Gasteiger partial charge in [-0.2, -0.15) is 0 Å². The molecule has 0 spiro atoms. The van der Waals surface area contributed by atoms with Crippen LogP contribution in [0.25, 0.3) is 0 Å². The Morgan fingerprint density at radius 2 is 1.90 bits per heavy atom. The van der Waals surface area contributed by atoms with Crippen molar-refractivity contribution < 1.29 is 4.52 Å². The Balaban J connectivity index is 2.05. The third kappa shape index (κ3) is 3.52. The largest absolute Gasteiger partial charge is 0.370 e. The minimum absolute atomic E-state index is 0.582. The van der Waals surface area contributed by atoms with E-state index in [2.05, 4.69) is 28.9 Å². The minimum Gasteiger partial charge on any atom is -0.370 e. The lowest BCUT2D eigenvalue weighted by Gasteiger charge is -2.21. The molecule has 20 heavy (non-hydrogen) atoms. The van der Waals surface area contributed by atoms with Crippen LogP contribution in [0.2, 0.25) is 0 Å². The van der Waals surface area contributed by atoms with Crippen molar-refractivity contribution in [1.82, 2.24) is 10.1 Å². The summed E-state index contributed by atoms with van der Waals surface area (Å²) in [4.78, 5) is 6.78. The lowest BCUT2D eigenvalue weighted by Crippen LogP contribution is -2.38. The van der Waals surface area contributed by atoms with Crippen LogP contribution in [-0.2, 0) is 19.4 Å². The lowest BCUT2D eigenvalue weighted by molar-refractivity contribution is 0.380. The molecule has 0 aromatic carbocycles. The Kier molecular flexibility index (Phi) is 5.44. The molecule has 0 aliphatic carbocycles. The quantitative estimate of drug-likeness (QED) is 0.678. The Hall–Kier alpha value is -1.52. The molecular weight excluding hydrogens is 252 g/mol. The van der Waals surface area contributed by atoms with E-state index in [1.54, 1.807) is 0 Å². The molecule has 2 N–H and O–H groups in total. The van der Waals surface area contributed by atoms with Crippen LogP contribution >= 0.6 is 0 Å². The summed E-state index contributed by atoms with van der Waals surface area (Å²) in [6.07, 6.45) is 6.75. The fraction of sp³-hybridized carbons (Fsp3) is 0.733. The molecule has 1 saturated heterocycles. The van der Waals surface area contributed by atoms with Crippen LogP contribution in [0.3, 0.4) is 0 Å². The van der Waals surface area contributed by atoms with Gasteiger partial charge in [-0.25, -0.2) is 4.99 Å². The van der Waals surface area contributed by atoms with Crippen molar-refractivity contribution in [3.63, 3.8) is 0 Å². The average molecular weight is 278 g/mol. The number of aryl methyl sites for hydroxylation is 2. The molecule has 0 saturated carbocycles. The first-order valence-electron chi connectivity index (χ1n) is 7.77. The smallest absolute Gasteiger partial charge is 0.191 e. The van der Waals surface area contributed by atoms with Gasteiger partial charge < -0.3 is 15.2 Å². The molecule has 1 fully saturated rings. The van der Waals surface area contributed by atoms with Crippen LogP contribution in [0.1, 0.15) is 56.5 Å².